The number of hydrogen-bond donors (Lipinski definition) is 4. The summed E-state index contributed by atoms with van der Waals surface area (Å²) in [5, 5.41) is 39.7. The molecule has 2 fully saturated rings. The van der Waals surface area contributed by atoms with Gasteiger partial charge in [0, 0.05) is 11.8 Å². The molecule has 100 valence electrons. The van der Waals surface area contributed by atoms with Crippen LogP contribution in [0.15, 0.2) is 0 Å². The zero-order valence-electron chi connectivity index (χ0n) is 9.71. The number of rotatable bonds is 6. The lowest BCUT2D eigenvalue weighted by Crippen LogP contribution is -2.68. The topological polar surface area (TPSA) is 80.9 Å². The van der Waals surface area contributed by atoms with Gasteiger partial charge >= 0.3 is 0 Å². The summed E-state index contributed by atoms with van der Waals surface area (Å²) in [5.74, 6) is 3.53. The predicted octanol–water partition coefficient (Wildman–Crippen LogP) is -0.593. The lowest BCUT2D eigenvalue weighted by Gasteiger charge is -2.57. The summed E-state index contributed by atoms with van der Waals surface area (Å²) in [6.45, 7) is -1.13. The fourth-order valence-corrected chi connectivity index (χ4v) is 4.67. The Bertz CT molecular complexity index is 240. The third kappa shape index (κ3) is 1.93. The lowest BCUT2D eigenvalue weighted by atomic mass is 9.61. The summed E-state index contributed by atoms with van der Waals surface area (Å²) in [4.78, 5) is 0. The minimum absolute atomic E-state index is 0.0739. The van der Waals surface area contributed by atoms with Crippen LogP contribution in [-0.4, -0.2) is 68.9 Å². The van der Waals surface area contributed by atoms with Crippen molar-refractivity contribution >= 4 is 23.5 Å². The van der Waals surface area contributed by atoms with Crippen molar-refractivity contribution in [3.05, 3.63) is 0 Å². The van der Waals surface area contributed by atoms with Crippen LogP contribution in [0.4, 0.5) is 0 Å². The van der Waals surface area contributed by atoms with E-state index in [2.05, 4.69) is 0 Å². The van der Waals surface area contributed by atoms with Gasteiger partial charge in [-0.25, -0.2) is 0 Å². The van der Waals surface area contributed by atoms with Crippen LogP contribution >= 0.6 is 23.5 Å². The molecule has 2 aliphatic rings. The van der Waals surface area contributed by atoms with Crippen LogP contribution in [0, 0.1) is 17.3 Å². The van der Waals surface area contributed by atoms with E-state index in [1.54, 1.807) is 23.5 Å². The van der Waals surface area contributed by atoms with Gasteiger partial charge in [-0.2, -0.15) is 23.5 Å². The average Bonchev–Trinajstić information content (AvgIpc) is 2.15. The molecule has 6 heteroatoms. The number of thioether (sulfide) groups is 2. The highest BCUT2D eigenvalue weighted by molar-refractivity contribution is 8.00. The normalized spacial score (nSPS) is 23.3. The van der Waals surface area contributed by atoms with Crippen molar-refractivity contribution in [1.29, 1.82) is 0 Å². The van der Waals surface area contributed by atoms with E-state index in [4.69, 9.17) is 0 Å². The molecule has 0 saturated carbocycles. The zero-order chi connectivity index (χ0) is 12.5. The summed E-state index contributed by atoms with van der Waals surface area (Å²) < 4.78 is 0. The highest BCUT2D eigenvalue weighted by atomic mass is 32.2. The van der Waals surface area contributed by atoms with Crippen LogP contribution in [0.2, 0.25) is 0 Å². The van der Waals surface area contributed by atoms with Crippen LogP contribution in [0.1, 0.15) is 0 Å². The minimum atomic E-state index is -1.18. The molecule has 4 N–H and O–H groups in total. The quantitative estimate of drug-likeness (QED) is 0.521. The standard InChI is InChI=1S/C11H20O4S2/c12-5-10(6-13,7-14)11(15,8-1-16-2-8)9-3-17-4-9/h8-9,12-15H,1-7H2. The van der Waals surface area contributed by atoms with E-state index in [1.807, 2.05) is 0 Å². The molecule has 2 saturated heterocycles. The van der Waals surface area contributed by atoms with Gasteiger partial charge < -0.3 is 20.4 Å². The van der Waals surface area contributed by atoms with Gasteiger partial charge in [-0.15, -0.1) is 0 Å². The fraction of sp³-hybridized carbons (Fsp3) is 1.00. The SMILES string of the molecule is OCC(CO)(CO)C(O)(C1CSC1)C1CSC1. The largest absolute Gasteiger partial charge is 0.395 e. The van der Waals surface area contributed by atoms with E-state index in [0.717, 1.165) is 23.0 Å². The number of aliphatic hydroxyl groups is 4. The first-order valence-electron chi connectivity index (χ1n) is 5.85. The molecule has 2 rings (SSSR count). The Kier molecular flexibility index (Phi) is 4.32. The van der Waals surface area contributed by atoms with Crippen LogP contribution in [-0.2, 0) is 0 Å². The van der Waals surface area contributed by atoms with Crippen LogP contribution in [0.5, 0.6) is 0 Å². The van der Waals surface area contributed by atoms with Gasteiger partial charge in [0.15, 0.2) is 0 Å². The molecule has 0 atom stereocenters. The fourth-order valence-electron chi connectivity index (χ4n) is 2.71. The molecule has 0 aliphatic carbocycles. The van der Waals surface area contributed by atoms with Gasteiger partial charge in [0.05, 0.1) is 30.8 Å². The first-order chi connectivity index (χ1) is 8.14. The molecule has 0 amide bonds. The van der Waals surface area contributed by atoms with Gasteiger partial charge in [-0.05, 0) is 23.0 Å². The monoisotopic (exact) mass is 280 g/mol. The summed E-state index contributed by atoms with van der Waals surface area (Å²) in [7, 11) is 0. The molecule has 0 radical (unpaired) electrons. The second-order valence-corrected chi connectivity index (χ2v) is 7.20. The Morgan fingerprint density at radius 2 is 1.18 bits per heavy atom. The molecular formula is C11H20O4S2. The van der Waals surface area contributed by atoms with Crippen molar-refractivity contribution in [2.45, 2.75) is 5.60 Å². The molecule has 0 aromatic rings. The van der Waals surface area contributed by atoms with Crippen LogP contribution < -0.4 is 0 Å². The Hall–Kier alpha value is 0.540. The first-order valence-corrected chi connectivity index (χ1v) is 8.16. The molecule has 4 nitrogen and oxygen atoms in total. The van der Waals surface area contributed by atoms with E-state index >= 15 is 0 Å². The minimum Gasteiger partial charge on any atom is -0.395 e. The molecule has 0 aromatic carbocycles. The second kappa shape index (κ2) is 5.27. The molecule has 2 heterocycles. The molecule has 17 heavy (non-hydrogen) atoms. The van der Waals surface area contributed by atoms with Gasteiger partial charge in [0.2, 0.25) is 0 Å². The average molecular weight is 280 g/mol. The maximum Gasteiger partial charge on any atom is 0.0857 e. The summed E-state index contributed by atoms with van der Waals surface area (Å²) in [5.41, 5.74) is -2.31. The van der Waals surface area contributed by atoms with Crippen molar-refractivity contribution in [3.63, 3.8) is 0 Å². The summed E-state index contributed by atoms with van der Waals surface area (Å²) >= 11 is 3.52. The van der Waals surface area contributed by atoms with Crippen molar-refractivity contribution < 1.29 is 20.4 Å². The highest BCUT2D eigenvalue weighted by Gasteiger charge is 2.60. The smallest absolute Gasteiger partial charge is 0.0857 e. The van der Waals surface area contributed by atoms with E-state index in [9.17, 15) is 20.4 Å². The predicted molar refractivity (Wildman–Crippen MR) is 70.3 cm³/mol. The van der Waals surface area contributed by atoms with E-state index in [1.165, 1.54) is 0 Å². The van der Waals surface area contributed by atoms with Gasteiger partial charge in [-0.1, -0.05) is 0 Å². The van der Waals surface area contributed by atoms with Gasteiger partial charge in [-0.3, -0.25) is 0 Å². The molecule has 0 bridgehead atoms. The maximum absolute atomic E-state index is 11.1. The molecule has 0 unspecified atom stereocenters. The van der Waals surface area contributed by atoms with Crippen LogP contribution in [0.25, 0.3) is 0 Å². The molecule has 0 aromatic heterocycles. The molecule has 0 spiro atoms. The Morgan fingerprint density at radius 3 is 1.35 bits per heavy atom. The van der Waals surface area contributed by atoms with E-state index in [-0.39, 0.29) is 31.7 Å². The van der Waals surface area contributed by atoms with E-state index < -0.39 is 11.0 Å². The molecule has 2 aliphatic heterocycles. The third-order valence-electron chi connectivity index (χ3n) is 4.28. The highest BCUT2D eigenvalue weighted by Crippen LogP contribution is 2.52. The maximum atomic E-state index is 11.1. The summed E-state index contributed by atoms with van der Waals surface area (Å²) in [6.07, 6.45) is 0. The summed E-state index contributed by atoms with van der Waals surface area (Å²) in [6, 6.07) is 0. The Labute approximate surface area is 110 Å². The third-order valence-corrected chi connectivity index (χ3v) is 6.83. The second-order valence-electron chi connectivity index (χ2n) is 5.05. The first kappa shape index (κ1) is 14.0. The molecular weight excluding hydrogens is 260 g/mol. The van der Waals surface area contributed by atoms with E-state index in [0.29, 0.717) is 0 Å². The van der Waals surface area contributed by atoms with Gasteiger partial charge in [0.1, 0.15) is 0 Å². The van der Waals surface area contributed by atoms with Crippen molar-refractivity contribution in [2.24, 2.45) is 17.3 Å². The lowest BCUT2D eigenvalue weighted by molar-refractivity contribution is -0.198. The van der Waals surface area contributed by atoms with Gasteiger partial charge in [0.25, 0.3) is 0 Å². The number of aliphatic hydroxyl groups excluding tert-OH is 3. The Morgan fingerprint density at radius 1 is 0.824 bits per heavy atom. The number of hydrogen-bond acceptors (Lipinski definition) is 6. The zero-order valence-corrected chi connectivity index (χ0v) is 11.3. The van der Waals surface area contributed by atoms with Crippen LogP contribution in [0.3, 0.4) is 0 Å². The Balaban J connectivity index is 2.29. The van der Waals surface area contributed by atoms with Crippen molar-refractivity contribution in [2.75, 3.05) is 42.8 Å². The van der Waals surface area contributed by atoms with Crippen molar-refractivity contribution in [1.82, 2.24) is 0 Å². The van der Waals surface area contributed by atoms with Crippen molar-refractivity contribution in [3.8, 4) is 0 Å².